The van der Waals surface area contributed by atoms with Crippen LogP contribution in [0.4, 0.5) is 0 Å². The summed E-state index contributed by atoms with van der Waals surface area (Å²) >= 11 is 0. The van der Waals surface area contributed by atoms with E-state index in [0.717, 1.165) is 0 Å². The molecular formula is C17H20O5. The summed E-state index contributed by atoms with van der Waals surface area (Å²) in [5, 5.41) is 0. The van der Waals surface area contributed by atoms with Crippen molar-refractivity contribution >= 4 is 11.9 Å². The van der Waals surface area contributed by atoms with Gasteiger partial charge < -0.3 is 14.2 Å². The zero-order chi connectivity index (χ0) is 16.2. The Balaban J connectivity index is 2.41. The molecule has 1 unspecified atom stereocenters. The molecule has 1 aromatic carbocycles. The second-order valence-electron chi connectivity index (χ2n) is 4.90. The highest BCUT2D eigenvalue weighted by Crippen LogP contribution is 2.46. The Labute approximate surface area is 129 Å². The summed E-state index contributed by atoms with van der Waals surface area (Å²) in [4.78, 5) is 24.6. The number of ether oxygens (including phenoxy) is 3. The molecule has 118 valence electrons. The Bertz CT molecular complexity index is 588. The Morgan fingerprint density at radius 1 is 1.09 bits per heavy atom. The molecule has 0 N–H and O–H groups in total. The quantitative estimate of drug-likeness (QED) is 0.755. The normalized spacial score (nSPS) is 19.7. The van der Waals surface area contributed by atoms with Crippen molar-refractivity contribution in [1.29, 1.82) is 0 Å². The Hall–Kier alpha value is -2.30. The van der Waals surface area contributed by atoms with Gasteiger partial charge in [-0.15, -0.1) is 0 Å². The van der Waals surface area contributed by atoms with E-state index in [9.17, 15) is 9.59 Å². The molecule has 0 saturated heterocycles. The molecule has 0 saturated carbocycles. The number of hydrogen-bond acceptors (Lipinski definition) is 5. The monoisotopic (exact) mass is 304 g/mol. The van der Waals surface area contributed by atoms with E-state index in [1.807, 2.05) is 0 Å². The molecule has 22 heavy (non-hydrogen) atoms. The lowest BCUT2D eigenvalue weighted by Gasteiger charge is -2.38. The first-order valence-corrected chi connectivity index (χ1v) is 7.29. The van der Waals surface area contributed by atoms with Gasteiger partial charge in [-0.25, -0.2) is 4.79 Å². The smallest absolute Gasteiger partial charge is 0.335 e. The average Bonchev–Trinajstić information content (AvgIpc) is 2.48. The van der Waals surface area contributed by atoms with Gasteiger partial charge in [-0.05, 0) is 38.0 Å². The highest BCUT2D eigenvalue weighted by atomic mass is 16.5. The maximum atomic E-state index is 12.5. The number of allylic oxidation sites excluding steroid dienone is 1. The van der Waals surface area contributed by atoms with E-state index in [-0.39, 0.29) is 13.2 Å². The summed E-state index contributed by atoms with van der Waals surface area (Å²) in [7, 11) is 1.57. The van der Waals surface area contributed by atoms with Crippen molar-refractivity contribution in [2.75, 3.05) is 20.3 Å². The molecule has 0 amide bonds. The maximum absolute atomic E-state index is 12.5. The highest BCUT2D eigenvalue weighted by molar-refractivity contribution is 6.04. The minimum Gasteiger partial charge on any atom is -0.497 e. The third-order valence-electron chi connectivity index (χ3n) is 3.77. The largest absolute Gasteiger partial charge is 0.497 e. The Morgan fingerprint density at radius 2 is 1.73 bits per heavy atom. The Kier molecular flexibility index (Phi) is 4.85. The van der Waals surface area contributed by atoms with Crippen molar-refractivity contribution in [3.05, 3.63) is 41.5 Å². The predicted molar refractivity (Wildman–Crippen MR) is 80.6 cm³/mol. The molecule has 0 heterocycles. The van der Waals surface area contributed by atoms with Crippen LogP contribution in [-0.4, -0.2) is 32.3 Å². The van der Waals surface area contributed by atoms with Crippen LogP contribution < -0.4 is 4.74 Å². The van der Waals surface area contributed by atoms with Crippen LogP contribution in [-0.2, 0) is 24.5 Å². The van der Waals surface area contributed by atoms with Gasteiger partial charge in [-0.3, -0.25) is 4.79 Å². The molecule has 0 aliphatic heterocycles. The number of carbonyl (C=O) groups is 2. The minimum atomic E-state index is -1.07. The number of methoxy groups -OCH3 is 1. The molecule has 0 fully saturated rings. The van der Waals surface area contributed by atoms with Crippen molar-refractivity contribution in [2.45, 2.75) is 25.7 Å². The van der Waals surface area contributed by atoms with E-state index in [0.29, 0.717) is 23.3 Å². The highest BCUT2D eigenvalue weighted by Gasteiger charge is 2.53. The van der Waals surface area contributed by atoms with Crippen LogP contribution in [0.1, 0.15) is 25.8 Å². The molecule has 1 aromatic rings. The van der Waals surface area contributed by atoms with Gasteiger partial charge in [0.2, 0.25) is 0 Å². The molecule has 5 heteroatoms. The van der Waals surface area contributed by atoms with Crippen molar-refractivity contribution < 1.29 is 23.8 Å². The first kappa shape index (κ1) is 16.1. The lowest BCUT2D eigenvalue weighted by atomic mass is 9.64. The second kappa shape index (κ2) is 6.64. The number of esters is 2. The molecule has 1 aliphatic carbocycles. The summed E-state index contributed by atoms with van der Waals surface area (Å²) in [5.74, 6) is -0.216. The summed E-state index contributed by atoms with van der Waals surface area (Å²) in [6.45, 7) is 3.99. The summed E-state index contributed by atoms with van der Waals surface area (Å²) in [6.07, 6.45) is 2.14. The first-order valence-electron chi connectivity index (χ1n) is 7.29. The Morgan fingerprint density at radius 3 is 2.18 bits per heavy atom. The predicted octanol–water partition coefficient (Wildman–Crippen LogP) is 2.39. The molecule has 2 rings (SSSR count). The molecule has 1 atom stereocenters. The second-order valence-corrected chi connectivity index (χ2v) is 4.90. The number of benzene rings is 1. The van der Waals surface area contributed by atoms with Crippen molar-refractivity contribution in [2.24, 2.45) is 0 Å². The molecule has 5 nitrogen and oxygen atoms in total. The van der Waals surface area contributed by atoms with Gasteiger partial charge in [0.25, 0.3) is 0 Å². The van der Waals surface area contributed by atoms with Gasteiger partial charge in [-0.2, -0.15) is 0 Å². The van der Waals surface area contributed by atoms with Gasteiger partial charge in [0.15, 0.2) is 0 Å². The van der Waals surface area contributed by atoms with Crippen LogP contribution in [0, 0.1) is 0 Å². The van der Waals surface area contributed by atoms with E-state index in [2.05, 4.69) is 0 Å². The fraction of sp³-hybridized carbons (Fsp3) is 0.412. The van der Waals surface area contributed by atoms with Gasteiger partial charge >= 0.3 is 11.9 Å². The van der Waals surface area contributed by atoms with Gasteiger partial charge in [0.05, 0.1) is 25.9 Å². The van der Waals surface area contributed by atoms with Crippen LogP contribution in [0.3, 0.4) is 0 Å². The molecule has 0 bridgehead atoms. The van der Waals surface area contributed by atoms with Gasteiger partial charge in [0, 0.05) is 0 Å². The van der Waals surface area contributed by atoms with E-state index in [1.54, 1.807) is 51.3 Å². The summed E-state index contributed by atoms with van der Waals surface area (Å²) in [5.41, 5.74) is -0.0237. The van der Waals surface area contributed by atoms with Crippen molar-refractivity contribution in [1.82, 2.24) is 0 Å². The fourth-order valence-corrected chi connectivity index (χ4v) is 2.59. The van der Waals surface area contributed by atoms with Crippen LogP contribution in [0.2, 0.25) is 0 Å². The van der Waals surface area contributed by atoms with Crippen LogP contribution in [0.25, 0.3) is 0 Å². The maximum Gasteiger partial charge on any atom is 0.335 e. The van der Waals surface area contributed by atoms with E-state index >= 15 is 0 Å². The third-order valence-corrected chi connectivity index (χ3v) is 3.77. The summed E-state index contributed by atoms with van der Waals surface area (Å²) in [6, 6.07) is 7.08. The zero-order valence-electron chi connectivity index (χ0n) is 13.0. The lowest BCUT2D eigenvalue weighted by molar-refractivity contribution is -0.153. The van der Waals surface area contributed by atoms with Gasteiger partial charge in [-0.1, -0.05) is 18.2 Å². The molecule has 0 radical (unpaired) electrons. The number of hydrogen-bond donors (Lipinski definition) is 0. The van der Waals surface area contributed by atoms with Gasteiger partial charge in [0.1, 0.15) is 11.2 Å². The molecular weight excluding hydrogens is 284 g/mol. The molecule has 0 spiro atoms. The van der Waals surface area contributed by atoms with Crippen molar-refractivity contribution in [3.63, 3.8) is 0 Å². The van der Waals surface area contributed by atoms with Crippen LogP contribution >= 0.6 is 0 Å². The van der Waals surface area contributed by atoms with Crippen LogP contribution in [0.5, 0.6) is 5.75 Å². The zero-order valence-corrected chi connectivity index (χ0v) is 13.0. The molecule has 0 aromatic heterocycles. The fourth-order valence-electron chi connectivity index (χ4n) is 2.59. The minimum absolute atomic E-state index is 0.257. The first-order chi connectivity index (χ1) is 10.6. The number of rotatable bonds is 6. The van der Waals surface area contributed by atoms with E-state index in [1.165, 1.54) is 0 Å². The number of carbonyl (C=O) groups excluding carboxylic acids is 2. The van der Waals surface area contributed by atoms with Crippen LogP contribution in [0.15, 0.2) is 35.9 Å². The lowest BCUT2D eigenvalue weighted by Crippen LogP contribution is -2.47. The average molecular weight is 304 g/mol. The third kappa shape index (κ3) is 2.58. The SMILES string of the molecule is CCOC(=O)C1=CCC1(C(=O)OCC)c1ccc(OC)cc1. The topological polar surface area (TPSA) is 61.8 Å². The summed E-state index contributed by atoms with van der Waals surface area (Å²) < 4.78 is 15.4. The van der Waals surface area contributed by atoms with E-state index < -0.39 is 17.4 Å². The standard InChI is InChI=1S/C17H20O5/c1-4-21-15(18)14-10-11-17(14,16(19)22-5-2)12-6-8-13(20-3)9-7-12/h6-10H,4-5,11H2,1-3H3. The van der Waals surface area contributed by atoms with E-state index in [4.69, 9.17) is 14.2 Å². The van der Waals surface area contributed by atoms with Crippen molar-refractivity contribution in [3.8, 4) is 5.75 Å². The molecule has 1 aliphatic rings.